The number of hydrogen-bond donors (Lipinski definition) is 0. The van der Waals surface area contributed by atoms with Crippen molar-refractivity contribution in [3.05, 3.63) is 0 Å². The maximum absolute atomic E-state index is 10.2. The first-order valence-electron chi connectivity index (χ1n) is 3.37. The summed E-state index contributed by atoms with van der Waals surface area (Å²) in [6.07, 6.45) is 2.95. The lowest BCUT2D eigenvalue weighted by Gasteiger charge is -2.17. The van der Waals surface area contributed by atoms with Crippen LogP contribution in [0, 0.1) is 11.3 Å². The summed E-state index contributed by atoms with van der Waals surface area (Å²) in [5.74, 6) is 0.585. The van der Waals surface area contributed by atoms with Gasteiger partial charge in [0.05, 0.1) is 0 Å². The van der Waals surface area contributed by atoms with Crippen LogP contribution in [0.2, 0.25) is 0 Å². The zero-order valence-corrected chi connectivity index (χ0v) is 6.69. The number of carbonyl (C=O) groups excluding carboxylic acids is 1. The molecule has 0 atom stereocenters. The van der Waals surface area contributed by atoms with Crippen LogP contribution in [0.4, 0.5) is 0 Å². The molecule has 0 aliphatic heterocycles. The van der Waals surface area contributed by atoms with Gasteiger partial charge in [-0.25, -0.2) is 0 Å². The molecule has 53 valence electrons. The van der Waals surface area contributed by atoms with Crippen LogP contribution in [0.25, 0.3) is 0 Å². The molecule has 0 aromatic rings. The third-order valence-electron chi connectivity index (χ3n) is 1.19. The Hall–Kier alpha value is -0.330. The second kappa shape index (κ2) is 3.00. The number of hydrogen-bond acceptors (Lipinski definition) is 1. The summed E-state index contributed by atoms with van der Waals surface area (Å²) in [5.41, 5.74) is -0.242. The van der Waals surface area contributed by atoms with Crippen molar-refractivity contribution in [2.75, 3.05) is 0 Å². The van der Waals surface area contributed by atoms with Gasteiger partial charge in [-0.15, -0.1) is 0 Å². The van der Waals surface area contributed by atoms with Gasteiger partial charge in [0.25, 0.3) is 0 Å². The van der Waals surface area contributed by atoms with Gasteiger partial charge in [-0.2, -0.15) is 0 Å². The van der Waals surface area contributed by atoms with E-state index in [1.165, 1.54) is 0 Å². The molecule has 0 spiro atoms. The van der Waals surface area contributed by atoms with Crippen LogP contribution >= 0.6 is 0 Å². The van der Waals surface area contributed by atoms with Gasteiger partial charge in [0.1, 0.15) is 0 Å². The van der Waals surface area contributed by atoms with Crippen LogP contribution in [0.15, 0.2) is 0 Å². The molecule has 0 aromatic heterocycles. The largest absolute Gasteiger partial charge is 0.290 e. The normalized spacial score (nSPS) is 12.1. The van der Waals surface area contributed by atoms with Crippen molar-refractivity contribution in [1.82, 2.24) is 0 Å². The lowest BCUT2D eigenvalue weighted by atomic mass is 9.86. The highest BCUT2D eigenvalue weighted by Gasteiger charge is 2.18. The molecule has 0 N–H and O–H groups in total. The van der Waals surface area contributed by atoms with E-state index in [4.69, 9.17) is 0 Å². The quantitative estimate of drug-likeness (QED) is 0.567. The Morgan fingerprint density at radius 2 is 1.89 bits per heavy atom. The minimum absolute atomic E-state index is 0.242. The second-order valence-corrected chi connectivity index (χ2v) is 3.58. The Balaban J connectivity index is 3.71. The average molecular weight is 127 g/mol. The molecule has 9 heavy (non-hydrogen) atoms. The molecule has 0 unspecified atom stereocenters. The van der Waals surface area contributed by atoms with Crippen molar-refractivity contribution < 1.29 is 4.79 Å². The van der Waals surface area contributed by atoms with Crippen molar-refractivity contribution in [2.45, 2.75) is 34.1 Å². The highest BCUT2D eigenvalue weighted by atomic mass is 16.1. The minimum Gasteiger partial charge on any atom is -0.290 e. The summed E-state index contributed by atoms with van der Waals surface area (Å²) in [7, 11) is 0. The van der Waals surface area contributed by atoms with Crippen LogP contribution in [0.3, 0.4) is 0 Å². The Kier molecular flexibility index (Phi) is 2.89. The average Bonchev–Trinajstić information content (AvgIpc) is 1.63. The van der Waals surface area contributed by atoms with Crippen molar-refractivity contribution in [1.29, 1.82) is 0 Å². The van der Waals surface area contributed by atoms with E-state index in [1.807, 2.05) is 20.1 Å². The fourth-order valence-electron chi connectivity index (χ4n) is 1.06. The van der Waals surface area contributed by atoms with Crippen LogP contribution in [-0.2, 0) is 4.79 Å². The molecule has 0 rings (SSSR count). The van der Waals surface area contributed by atoms with Crippen LogP contribution in [-0.4, -0.2) is 6.29 Å². The van der Waals surface area contributed by atoms with Gasteiger partial charge < -0.3 is 0 Å². The summed E-state index contributed by atoms with van der Waals surface area (Å²) in [6, 6.07) is 0. The van der Waals surface area contributed by atoms with Crippen LogP contribution < -0.4 is 0 Å². The topological polar surface area (TPSA) is 17.1 Å². The Morgan fingerprint density at radius 3 is 2.00 bits per heavy atom. The minimum atomic E-state index is -0.242. The lowest BCUT2D eigenvalue weighted by molar-refractivity contribution is 0.369. The third kappa shape index (κ3) is 4.19. The van der Waals surface area contributed by atoms with Crippen molar-refractivity contribution in [2.24, 2.45) is 11.3 Å². The lowest BCUT2D eigenvalue weighted by Crippen LogP contribution is -2.15. The summed E-state index contributed by atoms with van der Waals surface area (Å²) in [4.78, 5) is 10.2. The molecule has 0 aliphatic carbocycles. The molecular formula is C8H15O. The van der Waals surface area contributed by atoms with Crippen molar-refractivity contribution in [3.8, 4) is 0 Å². The Morgan fingerprint density at radius 1 is 1.44 bits per heavy atom. The van der Waals surface area contributed by atoms with E-state index in [0.29, 0.717) is 5.92 Å². The maximum atomic E-state index is 10.2. The third-order valence-corrected chi connectivity index (χ3v) is 1.19. The van der Waals surface area contributed by atoms with Gasteiger partial charge in [0, 0.05) is 5.41 Å². The van der Waals surface area contributed by atoms with Crippen LogP contribution in [0.1, 0.15) is 34.1 Å². The SMILES string of the molecule is CC(C)CC(C)(C)[C]=O. The molecule has 0 saturated carbocycles. The van der Waals surface area contributed by atoms with E-state index in [9.17, 15) is 4.79 Å². The molecule has 0 saturated heterocycles. The van der Waals surface area contributed by atoms with Gasteiger partial charge >= 0.3 is 0 Å². The van der Waals surface area contributed by atoms with Gasteiger partial charge in [-0.3, -0.25) is 4.79 Å². The molecule has 0 aliphatic rings. The van der Waals surface area contributed by atoms with E-state index < -0.39 is 0 Å². The summed E-state index contributed by atoms with van der Waals surface area (Å²) in [6.45, 7) is 8.05. The van der Waals surface area contributed by atoms with E-state index in [-0.39, 0.29) is 5.41 Å². The molecule has 0 aromatic carbocycles. The molecule has 0 fully saturated rings. The first kappa shape index (κ1) is 8.67. The summed E-state index contributed by atoms with van der Waals surface area (Å²) in [5, 5.41) is 0. The molecule has 0 heterocycles. The summed E-state index contributed by atoms with van der Waals surface area (Å²) >= 11 is 0. The van der Waals surface area contributed by atoms with Crippen LogP contribution in [0.5, 0.6) is 0 Å². The highest BCUT2D eigenvalue weighted by Crippen LogP contribution is 2.21. The fourth-order valence-corrected chi connectivity index (χ4v) is 1.06. The summed E-state index contributed by atoms with van der Waals surface area (Å²) < 4.78 is 0. The highest BCUT2D eigenvalue weighted by molar-refractivity contribution is 5.58. The maximum Gasteiger partial charge on any atom is 0.204 e. The van der Waals surface area contributed by atoms with E-state index >= 15 is 0 Å². The van der Waals surface area contributed by atoms with Gasteiger partial charge in [-0.05, 0) is 12.3 Å². The first-order valence-corrected chi connectivity index (χ1v) is 3.37. The smallest absolute Gasteiger partial charge is 0.204 e. The van der Waals surface area contributed by atoms with Gasteiger partial charge in [-0.1, -0.05) is 27.7 Å². The van der Waals surface area contributed by atoms with E-state index in [2.05, 4.69) is 13.8 Å². The molecule has 1 nitrogen and oxygen atoms in total. The molecular weight excluding hydrogens is 112 g/mol. The zero-order valence-electron chi connectivity index (χ0n) is 6.69. The monoisotopic (exact) mass is 127 g/mol. The van der Waals surface area contributed by atoms with Crippen molar-refractivity contribution in [3.63, 3.8) is 0 Å². The zero-order chi connectivity index (χ0) is 7.49. The molecule has 1 radical (unpaired) electrons. The van der Waals surface area contributed by atoms with Gasteiger partial charge in [0.15, 0.2) is 0 Å². The Bertz CT molecular complexity index is 92.7. The molecule has 0 amide bonds. The Labute approximate surface area is 57.5 Å². The predicted octanol–water partition coefficient (Wildman–Crippen LogP) is 2.17. The fraction of sp³-hybridized carbons (Fsp3) is 0.875. The van der Waals surface area contributed by atoms with Gasteiger partial charge in [0.2, 0.25) is 6.29 Å². The standard InChI is InChI=1S/C8H15O/c1-7(2)5-8(3,4)6-9/h7H,5H2,1-4H3. The van der Waals surface area contributed by atoms with E-state index in [0.717, 1.165) is 6.42 Å². The second-order valence-electron chi connectivity index (χ2n) is 3.58. The first-order chi connectivity index (χ1) is 3.98. The van der Waals surface area contributed by atoms with E-state index in [1.54, 1.807) is 0 Å². The number of rotatable bonds is 3. The molecule has 1 heteroatoms. The predicted molar refractivity (Wildman–Crippen MR) is 38.9 cm³/mol. The van der Waals surface area contributed by atoms with Crippen molar-refractivity contribution >= 4 is 6.29 Å². The molecule has 0 bridgehead atoms.